The zero-order chi connectivity index (χ0) is 19.7. The fourth-order valence-electron chi connectivity index (χ4n) is 3.10. The van der Waals surface area contributed by atoms with Crippen LogP contribution >= 0.6 is 0 Å². The van der Waals surface area contributed by atoms with Crippen LogP contribution in [0.25, 0.3) is 0 Å². The molecule has 0 bridgehead atoms. The Morgan fingerprint density at radius 3 is 2.50 bits per heavy atom. The summed E-state index contributed by atoms with van der Waals surface area (Å²) in [5.41, 5.74) is 5.04. The van der Waals surface area contributed by atoms with Crippen LogP contribution in [0.3, 0.4) is 0 Å². The van der Waals surface area contributed by atoms with Crippen LogP contribution < -0.4 is 5.32 Å². The van der Waals surface area contributed by atoms with Gasteiger partial charge in [0.15, 0.2) is 0 Å². The fraction of sp³-hybridized carbons (Fsp3) is 0.455. The van der Waals surface area contributed by atoms with Gasteiger partial charge in [-0.15, -0.1) is 0 Å². The van der Waals surface area contributed by atoms with Crippen LogP contribution in [0.15, 0.2) is 58.7 Å². The van der Waals surface area contributed by atoms with Gasteiger partial charge in [0.25, 0.3) is 0 Å². The van der Waals surface area contributed by atoms with Gasteiger partial charge >= 0.3 is 5.97 Å². The molecule has 142 valence electrons. The molecule has 4 nitrogen and oxygen atoms in total. The molecule has 0 spiro atoms. The van der Waals surface area contributed by atoms with Gasteiger partial charge in [-0.2, -0.15) is 0 Å². The van der Waals surface area contributed by atoms with Crippen molar-refractivity contribution in [3.05, 3.63) is 58.7 Å². The molecule has 0 aromatic carbocycles. The number of amides is 1. The average Bonchev–Trinajstić information content (AvgIpc) is 2.51. The molecule has 2 N–H and O–H groups in total. The minimum atomic E-state index is -1.06. The Hall–Kier alpha value is -2.36. The Morgan fingerprint density at radius 1 is 1.19 bits per heavy atom. The molecule has 0 heterocycles. The third-order valence-electron chi connectivity index (χ3n) is 4.55. The van der Waals surface area contributed by atoms with Crippen LogP contribution in [-0.4, -0.2) is 23.5 Å². The number of aliphatic carboxylic acids is 1. The van der Waals surface area contributed by atoms with E-state index in [2.05, 4.69) is 38.2 Å². The van der Waals surface area contributed by atoms with Crippen molar-refractivity contribution in [1.29, 1.82) is 0 Å². The number of hydrogen-bond donors (Lipinski definition) is 2. The Labute approximate surface area is 157 Å². The predicted octanol–water partition coefficient (Wildman–Crippen LogP) is 4.72. The minimum absolute atomic E-state index is 0.234. The maximum absolute atomic E-state index is 11.5. The van der Waals surface area contributed by atoms with Crippen molar-refractivity contribution in [3.63, 3.8) is 0 Å². The molecule has 0 unspecified atom stereocenters. The Balaban J connectivity index is 2.69. The van der Waals surface area contributed by atoms with Gasteiger partial charge in [0.2, 0.25) is 5.91 Å². The smallest absolute Gasteiger partial charge is 0.322 e. The number of carbonyl (C=O) groups excluding carboxylic acids is 1. The van der Waals surface area contributed by atoms with Crippen LogP contribution in [-0.2, 0) is 9.59 Å². The number of hydrogen-bond acceptors (Lipinski definition) is 2. The average molecular weight is 357 g/mol. The highest BCUT2D eigenvalue weighted by Crippen LogP contribution is 2.40. The third kappa shape index (κ3) is 7.68. The Kier molecular flexibility index (Phi) is 8.30. The summed E-state index contributed by atoms with van der Waals surface area (Å²) < 4.78 is 0. The Morgan fingerprint density at radius 2 is 1.88 bits per heavy atom. The number of allylic oxidation sites excluding steroid dienone is 9. The highest BCUT2D eigenvalue weighted by molar-refractivity contribution is 5.90. The molecule has 0 saturated heterocycles. The summed E-state index contributed by atoms with van der Waals surface area (Å²) in [5.74, 6) is -1.46. The molecule has 0 saturated carbocycles. The molecule has 26 heavy (non-hydrogen) atoms. The van der Waals surface area contributed by atoms with Crippen LogP contribution in [0.4, 0.5) is 0 Å². The monoisotopic (exact) mass is 357 g/mol. The van der Waals surface area contributed by atoms with Crippen molar-refractivity contribution >= 4 is 11.9 Å². The quantitative estimate of drug-likeness (QED) is 0.512. The summed E-state index contributed by atoms with van der Waals surface area (Å²) in [5, 5.41) is 10.8. The van der Waals surface area contributed by atoms with Crippen molar-refractivity contribution in [3.8, 4) is 0 Å². The summed E-state index contributed by atoms with van der Waals surface area (Å²) in [6, 6.07) is 0. The van der Waals surface area contributed by atoms with E-state index in [4.69, 9.17) is 5.11 Å². The fourth-order valence-corrected chi connectivity index (χ4v) is 3.10. The van der Waals surface area contributed by atoms with Crippen molar-refractivity contribution in [2.45, 2.75) is 53.9 Å². The highest BCUT2D eigenvalue weighted by atomic mass is 16.4. The molecule has 1 rings (SSSR count). The predicted molar refractivity (Wildman–Crippen MR) is 107 cm³/mol. The standard InChI is InChI=1S/C22H31NO3/c1-16(11-12-19-18(3)10-7-13-22(19,4)5)8-6-9-17(2)14-20(24)23-15-21(25)26/h6,8-9,11-12,14H,7,10,13,15H2,1-5H3,(H,23,24)(H,25,26)/b9-6+,12-11+,16-8+,17-14+. The van der Waals surface area contributed by atoms with Gasteiger partial charge in [-0.3, -0.25) is 9.59 Å². The van der Waals surface area contributed by atoms with E-state index in [-0.39, 0.29) is 12.0 Å². The summed E-state index contributed by atoms with van der Waals surface area (Å²) in [6.45, 7) is 10.3. The molecule has 0 aromatic rings. The molecule has 0 fully saturated rings. The van der Waals surface area contributed by atoms with Gasteiger partial charge < -0.3 is 10.4 Å². The number of carboxylic acids is 1. The van der Waals surface area contributed by atoms with Gasteiger partial charge in [-0.25, -0.2) is 0 Å². The molecule has 4 heteroatoms. The molecule has 0 aromatic heterocycles. The lowest BCUT2D eigenvalue weighted by Crippen LogP contribution is -2.27. The zero-order valence-electron chi connectivity index (χ0n) is 16.6. The first kappa shape index (κ1) is 21.7. The molecule has 1 aliphatic rings. The van der Waals surface area contributed by atoms with Crippen molar-refractivity contribution in [2.24, 2.45) is 5.41 Å². The van der Waals surface area contributed by atoms with Gasteiger partial charge in [-0.05, 0) is 56.6 Å². The second-order valence-electron chi connectivity index (χ2n) is 7.53. The summed E-state index contributed by atoms with van der Waals surface area (Å²) in [4.78, 5) is 21.9. The SMILES string of the molecule is CC1=C(/C=C/C(C)=C/C=C/C(C)=C/C(=O)NCC(=O)O)C(C)(C)CCC1. The lowest BCUT2D eigenvalue weighted by molar-refractivity contribution is -0.137. The topological polar surface area (TPSA) is 66.4 Å². The molecular formula is C22H31NO3. The van der Waals surface area contributed by atoms with E-state index in [0.29, 0.717) is 0 Å². The van der Waals surface area contributed by atoms with E-state index < -0.39 is 11.9 Å². The van der Waals surface area contributed by atoms with E-state index in [0.717, 1.165) is 11.1 Å². The van der Waals surface area contributed by atoms with E-state index in [1.165, 1.54) is 36.5 Å². The summed E-state index contributed by atoms with van der Waals surface area (Å²) in [7, 11) is 0. The number of nitrogens with one attached hydrogen (secondary N) is 1. The molecule has 0 radical (unpaired) electrons. The second-order valence-corrected chi connectivity index (χ2v) is 7.53. The first-order valence-electron chi connectivity index (χ1n) is 9.03. The molecule has 1 amide bonds. The zero-order valence-corrected chi connectivity index (χ0v) is 16.6. The van der Waals surface area contributed by atoms with E-state index in [1.807, 2.05) is 25.2 Å². The van der Waals surface area contributed by atoms with Crippen molar-refractivity contribution < 1.29 is 14.7 Å². The van der Waals surface area contributed by atoms with Crippen LogP contribution in [0.1, 0.15) is 53.9 Å². The first-order chi connectivity index (χ1) is 12.1. The van der Waals surface area contributed by atoms with Crippen LogP contribution in [0.5, 0.6) is 0 Å². The van der Waals surface area contributed by atoms with E-state index >= 15 is 0 Å². The van der Waals surface area contributed by atoms with Gasteiger partial charge in [-0.1, -0.05) is 55.4 Å². The van der Waals surface area contributed by atoms with E-state index in [1.54, 1.807) is 6.92 Å². The molecule has 1 aliphatic carbocycles. The van der Waals surface area contributed by atoms with Gasteiger partial charge in [0.05, 0.1) is 0 Å². The summed E-state index contributed by atoms with van der Waals surface area (Å²) in [6.07, 6.45) is 15.1. The maximum atomic E-state index is 11.5. The number of carboxylic acid groups (broad SMARTS) is 1. The van der Waals surface area contributed by atoms with Crippen LogP contribution in [0.2, 0.25) is 0 Å². The van der Waals surface area contributed by atoms with Crippen molar-refractivity contribution in [2.75, 3.05) is 6.54 Å². The number of rotatable bonds is 7. The van der Waals surface area contributed by atoms with E-state index in [9.17, 15) is 9.59 Å². The second kappa shape index (κ2) is 9.95. The lowest BCUT2D eigenvalue weighted by Gasteiger charge is -2.32. The highest BCUT2D eigenvalue weighted by Gasteiger charge is 2.26. The first-order valence-corrected chi connectivity index (χ1v) is 9.03. The van der Waals surface area contributed by atoms with Crippen molar-refractivity contribution in [1.82, 2.24) is 5.32 Å². The summed E-state index contributed by atoms with van der Waals surface area (Å²) >= 11 is 0. The van der Waals surface area contributed by atoms with Crippen LogP contribution in [0, 0.1) is 5.41 Å². The normalized spacial score (nSPS) is 18.7. The Bertz CT molecular complexity index is 688. The minimum Gasteiger partial charge on any atom is -0.480 e. The van der Waals surface area contributed by atoms with Gasteiger partial charge in [0.1, 0.15) is 6.54 Å². The third-order valence-corrected chi connectivity index (χ3v) is 4.55. The molecule has 0 atom stereocenters. The maximum Gasteiger partial charge on any atom is 0.322 e. The van der Waals surface area contributed by atoms with Gasteiger partial charge in [0, 0.05) is 6.08 Å². The molecule has 0 aliphatic heterocycles. The molecular weight excluding hydrogens is 326 g/mol. The number of carbonyl (C=O) groups is 2. The lowest BCUT2D eigenvalue weighted by atomic mass is 9.72. The largest absolute Gasteiger partial charge is 0.480 e.